The normalized spacial score (nSPS) is 25.5. The maximum absolute atomic E-state index is 13.9. The summed E-state index contributed by atoms with van der Waals surface area (Å²) in [4.78, 5) is 41.3. The molecule has 5 rings (SSSR count). The van der Waals surface area contributed by atoms with Crippen LogP contribution >= 0.6 is 0 Å². The van der Waals surface area contributed by atoms with Crippen molar-refractivity contribution in [3.05, 3.63) is 48.0 Å². The van der Waals surface area contributed by atoms with Crippen molar-refractivity contribution in [3.8, 4) is 11.5 Å². The number of hydrogen-bond acceptors (Lipinski definition) is 8. The number of esters is 1. The highest BCUT2D eigenvalue weighted by atomic mass is 28.3. The number of anilines is 1. The molecule has 0 aromatic heterocycles. The molecular weight excluding hydrogens is 580 g/mol. The van der Waals surface area contributed by atoms with E-state index in [1.165, 1.54) is 17.0 Å². The van der Waals surface area contributed by atoms with Gasteiger partial charge in [-0.1, -0.05) is 37.3 Å². The van der Waals surface area contributed by atoms with E-state index >= 15 is 0 Å². The molecular formula is C33H44N2O8Si. The first-order chi connectivity index (χ1) is 21.0. The fraction of sp³-hybridized carbons (Fsp3) is 0.545. The highest BCUT2D eigenvalue weighted by Crippen LogP contribution is 2.48. The molecule has 2 aromatic rings. The molecule has 6 atom stereocenters. The van der Waals surface area contributed by atoms with Gasteiger partial charge in [0.15, 0.2) is 6.23 Å². The summed E-state index contributed by atoms with van der Waals surface area (Å²) >= 11 is 0. The van der Waals surface area contributed by atoms with Crippen LogP contribution in [0, 0.1) is 5.92 Å². The summed E-state index contributed by atoms with van der Waals surface area (Å²) in [5, 5.41) is 11.1. The predicted octanol–water partition coefficient (Wildman–Crippen LogP) is 3.76. The molecule has 10 nitrogen and oxygen atoms in total. The van der Waals surface area contributed by atoms with Gasteiger partial charge in [-0.25, -0.2) is 0 Å². The Morgan fingerprint density at radius 2 is 1.86 bits per heavy atom. The summed E-state index contributed by atoms with van der Waals surface area (Å²) in [5.74, 6) is 0.767. The fourth-order valence-corrected chi connectivity index (χ4v) is 10.5. The van der Waals surface area contributed by atoms with Crippen molar-refractivity contribution < 1.29 is 38.4 Å². The van der Waals surface area contributed by atoms with Gasteiger partial charge in [-0.15, -0.1) is 0 Å². The first kappa shape index (κ1) is 32.0. The Hall–Kier alpha value is -3.41. The van der Waals surface area contributed by atoms with Gasteiger partial charge in [0.1, 0.15) is 17.6 Å². The highest BCUT2D eigenvalue weighted by molar-refractivity contribution is 6.91. The third kappa shape index (κ3) is 5.97. The number of methoxy groups -OCH3 is 2. The van der Waals surface area contributed by atoms with Gasteiger partial charge < -0.3 is 29.0 Å². The first-order valence-electron chi connectivity index (χ1n) is 15.4. The van der Waals surface area contributed by atoms with E-state index in [-0.39, 0.29) is 54.6 Å². The molecule has 0 aliphatic carbocycles. The largest absolute Gasteiger partial charge is 0.497 e. The molecule has 2 aromatic carbocycles. The zero-order valence-electron chi connectivity index (χ0n) is 26.4. The minimum Gasteiger partial charge on any atom is -0.497 e. The Morgan fingerprint density at radius 1 is 1.14 bits per heavy atom. The maximum Gasteiger partial charge on any atom is 0.304 e. The standard InChI is InChI=1S/C33H44N2O8Si/c1-20-32(41-4)26-16-22(35-30(39)18-31(35)42-21(2)37)9-14-27(26)43-33(20)28(17-29(38)34-15-7-8-23(34)19-36)44(5,6)25-12-10-24(40-3)11-13-25/h9-14,16,20,23,28,31-33,36H,7-8,15,17-19H2,1-6H3/t20-,23-,28?,31?,32-,33-/m0/s1. The molecule has 238 valence electrons. The number of amides is 2. The summed E-state index contributed by atoms with van der Waals surface area (Å²) < 4.78 is 23.7. The molecule has 2 saturated heterocycles. The number of carbonyl (C=O) groups is 3. The molecule has 0 saturated carbocycles. The van der Waals surface area contributed by atoms with Gasteiger partial charge in [-0.3, -0.25) is 19.3 Å². The van der Waals surface area contributed by atoms with E-state index in [1.54, 1.807) is 20.3 Å². The number of aliphatic hydroxyl groups is 1. The lowest BCUT2D eigenvalue weighted by molar-refractivity contribution is -0.153. The van der Waals surface area contributed by atoms with Gasteiger partial charge in [0.25, 0.3) is 0 Å². The lowest BCUT2D eigenvalue weighted by Gasteiger charge is -2.46. The Morgan fingerprint density at radius 3 is 2.48 bits per heavy atom. The summed E-state index contributed by atoms with van der Waals surface area (Å²) in [6.45, 7) is 8.59. The van der Waals surface area contributed by atoms with E-state index in [9.17, 15) is 19.5 Å². The number of ether oxygens (including phenoxy) is 4. The Bertz CT molecular complexity index is 1380. The molecule has 0 spiro atoms. The zero-order chi connectivity index (χ0) is 31.8. The minimum atomic E-state index is -2.39. The van der Waals surface area contributed by atoms with Gasteiger partial charge in [-0.2, -0.15) is 0 Å². The molecule has 2 unspecified atom stereocenters. The fourth-order valence-electron chi connectivity index (χ4n) is 7.17. The van der Waals surface area contributed by atoms with Crippen LogP contribution in [0.2, 0.25) is 18.6 Å². The Kier molecular flexibility index (Phi) is 9.38. The van der Waals surface area contributed by atoms with Gasteiger partial charge >= 0.3 is 5.97 Å². The monoisotopic (exact) mass is 624 g/mol. The van der Waals surface area contributed by atoms with Crippen molar-refractivity contribution in [1.29, 1.82) is 0 Å². The maximum atomic E-state index is 13.9. The van der Waals surface area contributed by atoms with Crippen molar-refractivity contribution in [1.82, 2.24) is 4.90 Å². The van der Waals surface area contributed by atoms with Crippen LogP contribution in [0.15, 0.2) is 42.5 Å². The molecule has 3 aliphatic heterocycles. The van der Waals surface area contributed by atoms with Crippen molar-refractivity contribution in [2.24, 2.45) is 5.92 Å². The quantitative estimate of drug-likeness (QED) is 0.242. The predicted molar refractivity (Wildman–Crippen MR) is 168 cm³/mol. The minimum absolute atomic E-state index is 0.0364. The van der Waals surface area contributed by atoms with E-state index in [2.05, 4.69) is 32.2 Å². The summed E-state index contributed by atoms with van der Waals surface area (Å²) in [6.07, 6.45) is 0.816. The second-order valence-corrected chi connectivity index (χ2v) is 17.4. The molecule has 3 aliphatic rings. The molecule has 11 heteroatoms. The van der Waals surface area contributed by atoms with E-state index in [1.807, 2.05) is 29.2 Å². The van der Waals surface area contributed by atoms with Crippen LogP contribution in [0.5, 0.6) is 11.5 Å². The van der Waals surface area contributed by atoms with E-state index < -0.39 is 20.3 Å². The average Bonchev–Trinajstić information content (AvgIpc) is 3.48. The third-order valence-electron chi connectivity index (χ3n) is 9.76. The number of fused-ring (bicyclic) bond motifs is 1. The molecule has 44 heavy (non-hydrogen) atoms. The summed E-state index contributed by atoms with van der Waals surface area (Å²) in [5.41, 5.74) is 1.31. The second kappa shape index (κ2) is 12.9. The molecule has 1 N–H and O–H groups in total. The van der Waals surface area contributed by atoms with Crippen LogP contribution in [0.1, 0.15) is 51.2 Å². The molecule has 0 bridgehead atoms. The summed E-state index contributed by atoms with van der Waals surface area (Å²) in [7, 11) is 0.920. The van der Waals surface area contributed by atoms with Crippen LogP contribution in [-0.4, -0.2) is 81.6 Å². The topological polar surface area (TPSA) is 115 Å². The SMILES string of the molecule is COc1ccc([Si](C)(C)C(CC(=O)N2CCC[C@H]2CO)[C@H]2Oc3ccc(N4C(=O)CC4OC(C)=O)cc3[C@@H](OC)[C@@H]2C)cc1. The third-order valence-corrected chi connectivity index (χ3v) is 14.0. The lowest BCUT2D eigenvalue weighted by atomic mass is 9.86. The van der Waals surface area contributed by atoms with Crippen molar-refractivity contribution in [2.45, 2.75) is 82.6 Å². The van der Waals surface area contributed by atoms with E-state index in [0.717, 1.165) is 24.2 Å². The zero-order valence-corrected chi connectivity index (χ0v) is 27.4. The number of nitrogens with zero attached hydrogens (tertiary/aromatic N) is 2. The number of hydrogen-bond donors (Lipinski definition) is 1. The van der Waals surface area contributed by atoms with E-state index in [0.29, 0.717) is 24.4 Å². The smallest absolute Gasteiger partial charge is 0.304 e. The number of carbonyl (C=O) groups excluding carboxylic acids is 3. The Labute approximate surface area is 260 Å². The number of benzene rings is 2. The number of rotatable bonds is 10. The van der Waals surface area contributed by atoms with Gasteiger partial charge in [0.05, 0.1) is 40.4 Å². The average molecular weight is 625 g/mol. The van der Waals surface area contributed by atoms with Crippen molar-refractivity contribution in [2.75, 3.05) is 32.3 Å². The van der Waals surface area contributed by atoms with Crippen LogP contribution < -0.4 is 19.6 Å². The van der Waals surface area contributed by atoms with Crippen molar-refractivity contribution in [3.63, 3.8) is 0 Å². The van der Waals surface area contributed by atoms with Crippen LogP contribution in [0.25, 0.3) is 0 Å². The number of likely N-dealkylation sites (tertiary alicyclic amines) is 1. The molecule has 3 heterocycles. The summed E-state index contributed by atoms with van der Waals surface area (Å²) in [6, 6.07) is 13.5. The van der Waals surface area contributed by atoms with Gasteiger partial charge in [-0.05, 0) is 43.2 Å². The van der Waals surface area contributed by atoms with Crippen LogP contribution in [0.3, 0.4) is 0 Å². The highest BCUT2D eigenvalue weighted by Gasteiger charge is 2.49. The first-order valence-corrected chi connectivity index (χ1v) is 18.4. The molecule has 0 radical (unpaired) electrons. The number of β-lactam (4-membered cyclic amide) rings is 1. The molecule has 2 amide bonds. The van der Waals surface area contributed by atoms with Crippen molar-refractivity contribution >= 4 is 36.7 Å². The van der Waals surface area contributed by atoms with Crippen LogP contribution in [-0.2, 0) is 23.9 Å². The second-order valence-electron chi connectivity index (χ2n) is 12.7. The van der Waals surface area contributed by atoms with Crippen LogP contribution in [0.4, 0.5) is 5.69 Å². The lowest BCUT2D eigenvalue weighted by Crippen LogP contribution is -2.56. The van der Waals surface area contributed by atoms with Gasteiger partial charge in [0, 0.05) is 49.7 Å². The molecule has 2 fully saturated rings. The Balaban J connectivity index is 1.50. The van der Waals surface area contributed by atoms with Gasteiger partial charge in [0.2, 0.25) is 11.8 Å². The number of aliphatic hydroxyl groups excluding tert-OH is 1. The van der Waals surface area contributed by atoms with E-state index in [4.69, 9.17) is 18.9 Å².